The Labute approximate surface area is 239 Å². The summed E-state index contributed by atoms with van der Waals surface area (Å²) in [6.45, 7) is 4.20. The van der Waals surface area contributed by atoms with E-state index in [1.807, 2.05) is 49.6 Å². The average Bonchev–Trinajstić information content (AvgIpc) is 2.94. The van der Waals surface area contributed by atoms with Crippen LogP contribution in [0.4, 0.5) is 0 Å². The van der Waals surface area contributed by atoms with Crippen molar-refractivity contribution in [1.29, 1.82) is 0 Å². The minimum atomic E-state index is -2.40. The largest absolute Gasteiger partial charge is 0.467 e. The zero-order valence-corrected chi connectivity index (χ0v) is 25.9. The van der Waals surface area contributed by atoms with Crippen LogP contribution in [-0.2, 0) is 20.3 Å². The lowest BCUT2D eigenvalue weighted by Gasteiger charge is -2.27. The lowest BCUT2D eigenvalue weighted by molar-refractivity contribution is -0.142. The van der Waals surface area contributed by atoms with Crippen molar-refractivity contribution in [2.24, 2.45) is 5.92 Å². The van der Waals surface area contributed by atoms with Gasteiger partial charge in [-0.1, -0.05) is 75.8 Å². The summed E-state index contributed by atoms with van der Waals surface area (Å²) < 4.78 is 19.3. The number of thioether (sulfide) groups is 1. The van der Waals surface area contributed by atoms with Gasteiger partial charge in [0.25, 0.3) is 5.91 Å². The van der Waals surface area contributed by atoms with Crippen molar-refractivity contribution in [3.05, 3.63) is 59.2 Å². The SMILES string of the molecule is CCCCP(=O)(Cc1ccc(C(=O)N[C@@H](CCSC)C(=O)OC)c(-c2ccccc2C)c1)CC1CCCCC1. The van der Waals surface area contributed by atoms with E-state index < -0.39 is 19.2 Å². The number of aryl methyl sites for hydroxylation is 1. The Balaban J connectivity index is 1.95. The third kappa shape index (κ3) is 9.25. The van der Waals surface area contributed by atoms with Gasteiger partial charge in [0.15, 0.2) is 0 Å². The number of amides is 1. The Morgan fingerprint density at radius 2 is 1.85 bits per heavy atom. The number of methoxy groups -OCH3 is 1. The molecule has 0 bridgehead atoms. The Kier molecular flexibility index (Phi) is 12.7. The highest BCUT2D eigenvalue weighted by Gasteiger charge is 2.29. The van der Waals surface area contributed by atoms with Crippen LogP contribution >= 0.6 is 18.9 Å². The fraction of sp³-hybridized carbons (Fsp3) is 0.562. The lowest BCUT2D eigenvalue weighted by atomic mass is 9.91. The van der Waals surface area contributed by atoms with Crippen molar-refractivity contribution in [3.63, 3.8) is 0 Å². The van der Waals surface area contributed by atoms with Gasteiger partial charge in [-0.25, -0.2) is 4.79 Å². The highest BCUT2D eigenvalue weighted by molar-refractivity contribution is 7.98. The van der Waals surface area contributed by atoms with E-state index in [0.717, 1.165) is 53.2 Å². The predicted octanol–water partition coefficient (Wildman–Crippen LogP) is 7.93. The number of nitrogens with one attached hydrogen (secondary N) is 1. The first-order valence-corrected chi connectivity index (χ1v) is 18.1. The number of rotatable bonds is 14. The van der Waals surface area contributed by atoms with Gasteiger partial charge in [-0.05, 0) is 72.1 Å². The number of carbonyl (C=O) groups is 2. The predicted molar refractivity (Wildman–Crippen MR) is 165 cm³/mol. The molecule has 0 heterocycles. The van der Waals surface area contributed by atoms with Gasteiger partial charge in [0.2, 0.25) is 0 Å². The fourth-order valence-corrected chi connectivity index (χ4v) is 9.70. The molecule has 3 rings (SSSR count). The second-order valence-corrected chi connectivity index (χ2v) is 15.2. The lowest BCUT2D eigenvalue weighted by Crippen LogP contribution is -2.42. The maximum atomic E-state index is 14.4. The normalized spacial score (nSPS) is 16.3. The number of unbranched alkanes of at least 4 members (excludes halogenated alkanes) is 1. The molecule has 1 aliphatic carbocycles. The van der Waals surface area contributed by atoms with Crippen molar-refractivity contribution in [1.82, 2.24) is 5.32 Å². The van der Waals surface area contributed by atoms with E-state index in [-0.39, 0.29) is 5.91 Å². The quantitative estimate of drug-likeness (QED) is 0.184. The monoisotopic (exact) mass is 571 g/mol. The van der Waals surface area contributed by atoms with Gasteiger partial charge in [-0.3, -0.25) is 4.79 Å². The zero-order chi connectivity index (χ0) is 28.3. The maximum Gasteiger partial charge on any atom is 0.328 e. The summed E-state index contributed by atoms with van der Waals surface area (Å²) in [4.78, 5) is 25.9. The molecule has 2 aromatic carbocycles. The first kappa shape index (κ1) is 31.5. The Morgan fingerprint density at radius 3 is 2.51 bits per heavy atom. The van der Waals surface area contributed by atoms with Crippen LogP contribution in [0.1, 0.15) is 79.8 Å². The van der Waals surface area contributed by atoms with Crippen LogP contribution in [0.5, 0.6) is 0 Å². The van der Waals surface area contributed by atoms with E-state index in [2.05, 4.69) is 18.3 Å². The second-order valence-electron chi connectivity index (χ2n) is 11.0. The summed E-state index contributed by atoms with van der Waals surface area (Å²) in [6, 6.07) is 13.2. The average molecular weight is 572 g/mol. The van der Waals surface area contributed by atoms with E-state index in [1.165, 1.54) is 39.2 Å². The summed E-state index contributed by atoms with van der Waals surface area (Å²) in [7, 11) is -1.06. The maximum absolute atomic E-state index is 14.4. The molecule has 1 unspecified atom stereocenters. The third-order valence-electron chi connectivity index (χ3n) is 7.87. The number of carbonyl (C=O) groups excluding carboxylic acids is 2. The van der Waals surface area contributed by atoms with Gasteiger partial charge in [-0.15, -0.1) is 0 Å². The zero-order valence-electron chi connectivity index (χ0n) is 24.2. The molecule has 2 atom stereocenters. The molecule has 0 radical (unpaired) electrons. The van der Waals surface area contributed by atoms with E-state index >= 15 is 0 Å². The molecular formula is C32H46NO4PS. The molecule has 1 fully saturated rings. The summed E-state index contributed by atoms with van der Waals surface area (Å²) in [6.07, 6.45) is 12.9. The van der Waals surface area contributed by atoms with E-state index in [9.17, 15) is 14.2 Å². The summed E-state index contributed by atoms with van der Waals surface area (Å²) in [5.74, 6) is 0.565. The number of ether oxygens (including phenoxy) is 1. The molecule has 1 saturated carbocycles. The van der Waals surface area contributed by atoms with Crippen molar-refractivity contribution in [2.45, 2.75) is 77.4 Å². The third-order valence-corrected chi connectivity index (χ3v) is 11.8. The van der Waals surface area contributed by atoms with Crippen LogP contribution in [0.3, 0.4) is 0 Å². The fourth-order valence-electron chi connectivity index (χ4n) is 5.70. The molecule has 214 valence electrons. The molecule has 1 aliphatic rings. The first-order valence-electron chi connectivity index (χ1n) is 14.4. The van der Waals surface area contributed by atoms with Crippen molar-refractivity contribution >= 4 is 30.8 Å². The van der Waals surface area contributed by atoms with E-state index in [1.54, 1.807) is 11.8 Å². The summed E-state index contributed by atoms with van der Waals surface area (Å²) in [5, 5.41) is 2.92. The highest BCUT2D eigenvalue weighted by Crippen LogP contribution is 2.53. The van der Waals surface area contributed by atoms with Gasteiger partial charge in [0.05, 0.1) is 14.3 Å². The standard InChI is InChI=1S/C32H46NO4PS/c1-5-6-19-38(36,22-25-13-8-7-9-14-25)23-26-16-17-28(29(21-26)27-15-11-10-12-24(27)2)31(34)33-30(18-20-39-4)32(35)37-3/h10-12,15-17,21,25,30H,5-9,13-14,18-20,22-23H2,1-4H3,(H,33,34)/t30-,38?/m0/s1. The number of benzene rings is 2. The number of hydrogen-bond acceptors (Lipinski definition) is 5. The molecule has 39 heavy (non-hydrogen) atoms. The first-order chi connectivity index (χ1) is 18.8. The van der Waals surface area contributed by atoms with Gasteiger partial charge in [0.1, 0.15) is 6.04 Å². The summed E-state index contributed by atoms with van der Waals surface area (Å²) >= 11 is 1.62. The molecule has 1 N–H and O–H groups in total. The molecule has 0 aliphatic heterocycles. The van der Waals surface area contributed by atoms with Gasteiger partial charge in [0, 0.05) is 24.0 Å². The smallest absolute Gasteiger partial charge is 0.328 e. The Morgan fingerprint density at radius 1 is 1.10 bits per heavy atom. The Bertz CT molecular complexity index is 1140. The van der Waals surface area contributed by atoms with Gasteiger partial charge < -0.3 is 14.6 Å². The van der Waals surface area contributed by atoms with Crippen LogP contribution in [0.15, 0.2) is 42.5 Å². The molecular weight excluding hydrogens is 525 g/mol. The Hall–Kier alpha value is -2.04. The highest BCUT2D eigenvalue weighted by atomic mass is 32.2. The van der Waals surface area contributed by atoms with E-state index in [0.29, 0.717) is 24.1 Å². The van der Waals surface area contributed by atoms with Crippen molar-refractivity contribution < 1.29 is 18.9 Å². The molecule has 0 saturated heterocycles. The minimum absolute atomic E-state index is 0.298. The van der Waals surface area contributed by atoms with Crippen LogP contribution in [-0.4, -0.2) is 49.4 Å². The molecule has 2 aromatic rings. The van der Waals surface area contributed by atoms with Crippen LogP contribution in [0.2, 0.25) is 0 Å². The summed E-state index contributed by atoms with van der Waals surface area (Å²) in [5.41, 5.74) is 4.39. The molecule has 0 spiro atoms. The topological polar surface area (TPSA) is 72.5 Å². The molecule has 0 aromatic heterocycles. The van der Waals surface area contributed by atoms with Gasteiger partial charge >= 0.3 is 5.97 Å². The van der Waals surface area contributed by atoms with Crippen molar-refractivity contribution in [2.75, 3.05) is 31.4 Å². The van der Waals surface area contributed by atoms with E-state index in [4.69, 9.17) is 4.74 Å². The minimum Gasteiger partial charge on any atom is -0.467 e. The number of hydrogen-bond donors (Lipinski definition) is 1. The van der Waals surface area contributed by atoms with Crippen LogP contribution < -0.4 is 5.32 Å². The van der Waals surface area contributed by atoms with Crippen LogP contribution in [0, 0.1) is 12.8 Å². The van der Waals surface area contributed by atoms with Gasteiger partial charge in [-0.2, -0.15) is 11.8 Å². The molecule has 7 heteroatoms. The van der Waals surface area contributed by atoms with Crippen molar-refractivity contribution in [3.8, 4) is 11.1 Å². The second kappa shape index (κ2) is 15.7. The molecule has 5 nitrogen and oxygen atoms in total. The van der Waals surface area contributed by atoms with Crippen LogP contribution in [0.25, 0.3) is 11.1 Å². The molecule has 1 amide bonds. The number of esters is 1.